The van der Waals surface area contributed by atoms with Crippen molar-refractivity contribution in [3.05, 3.63) is 12.2 Å². The lowest BCUT2D eigenvalue weighted by atomic mass is 10.0. The maximum absolute atomic E-state index is 8.15. The van der Waals surface area contributed by atoms with Crippen molar-refractivity contribution in [2.75, 3.05) is 13.1 Å². The normalized spacial score (nSPS) is 19.4. The monoisotopic (exact) mass is 122 g/mol. The zero-order valence-electron chi connectivity index (χ0n) is 5.30. The Balaban J connectivity index is 2.09. The molecule has 0 amide bonds. The molecular weight excluding hydrogens is 112 g/mol. The molecule has 1 N–H and O–H groups in total. The van der Waals surface area contributed by atoms with Crippen molar-refractivity contribution in [2.45, 2.75) is 6.42 Å². The van der Waals surface area contributed by atoms with E-state index in [0.717, 1.165) is 13.1 Å². The van der Waals surface area contributed by atoms with E-state index in [1.54, 1.807) is 0 Å². The van der Waals surface area contributed by atoms with Gasteiger partial charge in [0, 0.05) is 19.0 Å². The van der Waals surface area contributed by atoms with Crippen molar-refractivity contribution in [1.29, 1.82) is 5.26 Å². The number of hydrogen-bond donors (Lipinski definition) is 1. The van der Waals surface area contributed by atoms with Gasteiger partial charge in [0.25, 0.3) is 0 Å². The fourth-order valence-corrected chi connectivity index (χ4v) is 0.760. The maximum atomic E-state index is 8.15. The molecule has 1 rings (SSSR count). The Morgan fingerprint density at radius 1 is 1.67 bits per heavy atom. The van der Waals surface area contributed by atoms with E-state index >= 15 is 0 Å². The molecular formula is C7H10N2. The Hall–Kier alpha value is -0.810. The number of rotatable bonds is 2. The Kier molecular flexibility index (Phi) is 2.29. The van der Waals surface area contributed by atoms with Gasteiger partial charge in [-0.2, -0.15) is 5.26 Å². The Morgan fingerprint density at radius 3 is 2.89 bits per heavy atom. The molecule has 2 nitrogen and oxygen atoms in total. The molecule has 0 radical (unpaired) electrons. The topological polar surface area (TPSA) is 35.8 Å². The molecule has 0 aliphatic carbocycles. The number of nitrogens with one attached hydrogen (secondary N) is 1. The van der Waals surface area contributed by atoms with Gasteiger partial charge in [0.2, 0.25) is 0 Å². The highest BCUT2D eigenvalue weighted by Gasteiger charge is 2.11. The van der Waals surface area contributed by atoms with Crippen molar-refractivity contribution < 1.29 is 0 Å². The third-order valence-corrected chi connectivity index (χ3v) is 1.43. The third kappa shape index (κ3) is 1.87. The van der Waals surface area contributed by atoms with Crippen LogP contribution in [0.15, 0.2) is 12.2 Å². The van der Waals surface area contributed by atoms with Gasteiger partial charge in [-0.25, -0.2) is 0 Å². The minimum atomic E-state index is 0.552. The quantitative estimate of drug-likeness (QED) is 0.546. The highest BCUT2D eigenvalue weighted by atomic mass is 14.9. The summed E-state index contributed by atoms with van der Waals surface area (Å²) in [5.74, 6) is 0.693. The van der Waals surface area contributed by atoms with Crippen molar-refractivity contribution in [1.82, 2.24) is 5.32 Å². The fraction of sp³-hybridized carbons (Fsp3) is 0.571. The van der Waals surface area contributed by atoms with Crippen LogP contribution in [0.4, 0.5) is 0 Å². The van der Waals surface area contributed by atoms with Crippen molar-refractivity contribution >= 4 is 0 Å². The fourth-order valence-electron chi connectivity index (χ4n) is 0.760. The van der Waals surface area contributed by atoms with Gasteiger partial charge in [-0.1, -0.05) is 12.2 Å². The minimum absolute atomic E-state index is 0.552. The first-order valence-corrected chi connectivity index (χ1v) is 3.18. The number of allylic oxidation sites excluding steroid dienone is 1. The number of nitriles is 1. The van der Waals surface area contributed by atoms with Crippen LogP contribution >= 0.6 is 0 Å². The molecule has 9 heavy (non-hydrogen) atoms. The molecule has 48 valence electrons. The molecule has 0 bridgehead atoms. The molecule has 0 atom stereocenters. The van der Waals surface area contributed by atoms with Crippen LogP contribution < -0.4 is 5.32 Å². The van der Waals surface area contributed by atoms with Crippen LogP contribution in [0.2, 0.25) is 0 Å². The first-order chi connectivity index (χ1) is 4.43. The summed E-state index contributed by atoms with van der Waals surface area (Å²) in [4.78, 5) is 0. The SMILES string of the molecule is N#CC/C=C/C1CNC1. The lowest BCUT2D eigenvalue weighted by Gasteiger charge is -2.23. The molecule has 0 saturated carbocycles. The van der Waals surface area contributed by atoms with E-state index in [9.17, 15) is 0 Å². The van der Waals surface area contributed by atoms with Crippen LogP contribution in [0.1, 0.15) is 6.42 Å². The largest absolute Gasteiger partial charge is 0.315 e. The number of nitrogens with zero attached hydrogens (tertiary/aromatic N) is 1. The standard InChI is InChI=1S/C7H10N2/c8-4-2-1-3-7-5-9-6-7/h1,3,7,9H,2,5-6H2/b3-1+. The average molecular weight is 122 g/mol. The molecule has 1 fully saturated rings. The zero-order valence-corrected chi connectivity index (χ0v) is 5.30. The van der Waals surface area contributed by atoms with Crippen LogP contribution in [0.3, 0.4) is 0 Å². The third-order valence-electron chi connectivity index (χ3n) is 1.43. The lowest BCUT2D eigenvalue weighted by molar-refractivity contribution is 0.418. The molecule has 0 unspecified atom stereocenters. The van der Waals surface area contributed by atoms with Gasteiger partial charge in [-0.05, 0) is 0 Å². The van der Waals surface area contributed by atoms with E-state index < -0.39 is 0 Å². The second kappa shape index (κ2) is 3.26. The molecule has 0 aromatic carbocycles. The summed E-state index contributed by atoms with van der Waals surface area (Å²) >= 11 is 0. The second-order valence-corrected chi connectivity index (χ2v) is 2.21. The van der Waals surface area contributed by atoms with Crippen LogP contribution in [-0.4, -0.2) is 13.1 Å². The van der Waals surface area contributed by atoms with Crippen LogP contribution in [0.5, 0.6) is 0 Å². The Morgan fingerprint density at radius 2 is 2.44 bits per heavy atom. The average Bonchev–Trinajstić information content (AvgIpc) is 1.76. The van der Waals surface area contributed by atoms with Gasteiger partial charge in [-0.3, -0.25) is 0 Å². The van der Waals surface area contributed by atoms with Gasteiger partial charge in [-0.15, -0.1) is 0 Å². The first kappa shape index (κ1) is 6.31. The smallest absolute Gasteiger partial charge is 0.0663 e. The number of hydrogen-bond acceptors (Lipinski definition) is 2. The predicted molar refractivity (Wildman–Crippen MR) is 35.7 cm³/mol. The van der Waals surface area contributed by atoms with Gasteiger partial charge < -0.3 is 5.32 Å². The Labute approximate surface area is 55.2 Å². The molecule has 2 heteroatoms. The summed E-state index contributed by atoms with van der Waals surface area (Å²) in [6.07, 6.45) is 4.60. The molecule has 1 aliphatic heterocycles. The summed E-state index contributed by atoms with van der Waals surface area (Å²) in [5.41, 5.74) is 0. The Bertz CT molecular complexity index is 139. The zero-order chi connectivity index (χ0) is 6.53. The highest BCUT2D eigenvalue weighted by Crippen LogP contribution is 2.03. The van der Waals surface area contributed by atoms with Gasteiger partial charge in [0.05, 0.1) is 12.5 Å². The molecule has 0 aromatic heterocycles. The second-order valence-electron chi connectivity index (χ2n) is 2.21. The van der Waals surface area contributed by atoms with E-state index in [-0.39, 0.29) is 0 Å². The minimum Gasteiger partial charge on any atom is -0.315 e. The summed E-state index contributed by atoms with van der Waals surface area (Å²) in [5, 5.41) is 11.3. The van der Waals surface area contributed by atoms with E-state index in [4.69, 9.17) is 5.26 Å². The first-order valence-electron chi connectivity index (χ1n) is 3.18. The molecule has 0 spiro atoms. The van der Waals surface area contributed by atoms with E-state index in [0.29, 0.717) is 12.3 Å². The van der Waals surface area contributed by atoms with Gasteiger partial charge in [0.1, 0.15) is 0 Å². The molecule has 1 saturated heterocycles. The van der Waals surface area contributed by atoms with Gasteiger partial charge >= 0.3 is 0 Å². The summed E-state index contributed by atoms with van der Waals surface area (Å²) in [7, 11) is 0. The van der Waals surface area contributed by atoms with E-state index in [1.165, 1.54) is 0 Å². The lowest BCUT2D eigenvalue weighted by Crippen LogP contribution is -2.40. The van der Waals surface area contributed by atoms with Crippen LogP contribution in [-0.2, 0) is 0 Å². The van der Waals surface area contributed by atoms with Crippen LogP contribution in [0.25, 0.3) is 0 Å². The summed E-state index contributed by atoms with van der Waals surface area (Å²) in [6.45, 7) is 2.17. The van der Waals surface area contributed by atoms with Crippen molar-refractivity contribution in [3.8, 4) is 6.07 Å². The maximum Gasteiger partial charge on any atom is 0.0663 e. The van der Waals surface area contributed by atoms with Gasteiger partial charge in [0.15, 0.2) is 0 Å². The van der Waals surface area contributed by atoms with Crippen molar-refractivity contribution in [2.24, 2.45) is 5.92 Å². The highest BCUT2D eigenvalue weighted by molar-refractivity contribution is 4.98. The summed E-state index contributed by atoms with van der Waals surface area (Å²) in [6, 6.07) is 2.06. The predicted octanol–water partition coefficient (Wildman–Crippen LogP) is 0.676. The van der Waals surface area contributed by atoms with Crippen molar-refractivity contribution in [3.63, 3.8) is 0 Å². The molecule has 1 aliphatic rings. The van der Waals surface area contributed by atoms with E-state index in [2.05, 4.69) is 17.5 Å². The van der Waals surface area contributed by atoms with Crippen LogP contribution in [0, 0.1) is 17.2 Å². The molecule has 1 heterocycles. The molecule has 0 aromatic rings. The van der Waals surface area contributed by atoms with E-state index in [1.807, 2.05) is 6.08 Å². The summed E-state index contributed by atoms with van der Waals surface area (Å²) < 4.78 is 0.